The second-order valence-corrected chi connectivity index (χ2v) is 5.13. The van der Waals surface area contributed by atoms with Crippen LogP contribution in [-0.2, 0) is 0 Å². The Hall–Kier alpha value is -2.57. The number of amides is 2. The number of anilines is 1. The Morgan fingerprint density at radius 1 is 1.32 bits per heavy atom. The number of aryl methyl sites for hydroxylation is 1. The van der Waals surface area contributed by atoms with Crippen molar-refractivity contribution in [2.45, 2.75) is 26.7 Å². The third-order valence-electron chi connectivity index (χ3n) is 3.07. The van der Waals surface area contributed by atoms with Crippen LogP contribution in [0, 0.1) is 6.92 Å². The molecule has 0 aliphatic rings. The van der Waals surface area contributed by atoms with E-state index in [9.17, 15) is 4.79 Å². The smallest absolute Gasteiger partial charge is 0.319 e. The average molecular weight is 304 g/mol. The Bertz CT molecular complexity index is 625. The molecule has 0 saturated heterocycles. The zero-order valence-electron chi connectivity index (χ0n) is 12.9. The molecule has 2 rings (SSSR count). The minimum absolute atomic E-state index is 0.272. The van der Waals surface area contributed by atoms with Crippen molar-refractivity contribution < 1.29 is 14.2 Å². The first-order valence-corrected chi connectivity index (χ1v) is 7.13. The Kier molecular flexibility index (Phi) is 5.35. The molecule has 0 saturated carbocycles. The standard InChI is InChI=1S/C15H20N4O3/c1-10(2)12-6-4-5-7-13(12)17-15(20)16-8-9-21-14-11(3)18-22-19-14/h4-7,10H,8-9H2,1-3H3,(H2,16,17,20). The molecule has 0 aliphatic heterocycles. The van der Waals surface area contributed by atoms with E-state index in [4.69, 9.17) is 4.74 Å². The summed E-state index contributed by atoms with van der Waals surface area (Å²) in [5.74, 6) is 0.676. The molecule has 0 spiro atoms. The molecule has 1 heterocycles. The highest BCUT2D eigenvalue weighted by atomic mass is 16.6. The number of carbonyl (C=O) groups excluding carboxylic acids is 1. The molecule has 2 amide bonds. The van der Waals surface area contributed by atoms with Crippen molar-refractivity contribution in [1.29, 1.82) is 0 Å². The predicted octanol–water partition coefficient (Wildman–Crippen LogP) is 2.70. The van der Waals surface area contributed by atoms with Crippen molar-refractivity contribution in [3.05, 3.63) is 35.5 Å². The fraction of sp³-hybridized carbons (Fsp3) is 0.400. The van der Waals surface area contributed by atoms with Gasteiger partial charge in [-0.2, -0.15) is 0 Å². The number of nitrogens with zero attached hydrogens (tertiary/aromatic N) is 2. The maximum Gasteiger partial charge on any atom is 0.319 e. The van der Waals surface area contributed by atoms with Crippen molar-refractivity contribution in [2.24, 2.45) is 0 Å². The van der Waals surface area contributed by atoms with E-state index in [1.165, 1.54) is 0 Å². The molecule has 0 unspecified atom stereocenters. The lowest BCUT2D eigenvalue weighted by Gasteiger charge is -2.14. The quantitative estimate of drug-likeness (QED) is 0.801. The largest absolute Gasteiger partial charge is 0.472 e. The fourth-order valence-corrected chi connectivity index (χ4v) is 1.95. The van der Waals surface area contributed by atoms with E-state index < -0.39 is 0 Å². The molecule has 2 N–H and O–H groups in total. The number of nitrogens with one attached hydrogen (secondary N) is 2. The Morgan fingerprint density at radius 2 is 2.09 bits per heavy atom. The summed E-state index contributed by atoms with van der Waals surface area (Å²) in [6.07, 6.45) is 0. The average Bonchev–Trinajstić information content (AvgIpc) is 2.89. The molecular weight excluding hydrogens is 284 g/mol. The maximum atomic E-state index is 11.9. The molecule has 1 aromatic heterocycles. The minimum atomic E-state index is -0.272. The van der Waals surface area contributed by atoms with Gasteiger partial charge in [-0.05, 0) is 29.6 Å². The first kappa shape index (κ1) is 15.8. The summed E-state index contributed by atoms with van der Waals surface area (Å²) in [5, 5.41) is 12.8. The highest BCUT2D eigenvalue weighted by molar-refractivity contribution is 5.90. The number of hydrogen-bond acceptors (Lipinski definition) is 5. The molecule has 7 nitrogen and oxygen atoms in total. The molecule has 0 radical (unpaired) electrons. The van der Waals surface area contributed by atoms with Crippen LogP contribution < -0.4 is 15.4 Å². The zero-order valence-corrected chi connectivity index (χ0v) is 12.9. The minimum Gasteiger partial charge on any atom is -0.472 e. The SMILES string of the molecule is Cc1nonc1OCCNC(=O)Nc1ccccc1C(C)C. The molecule has 0 atom stereocenters. The van der Waals surface area contributed by atoms with Gasteiger partial charge in [-0.3, -0.25) is 0 Å². The van der Waals surface area contributed by atoms with Crippen LogP contribution in [0.1, 0.15) is 31.0 Å². The lowest BCUT2D eigenvalue weighted by atomic mass is 10.0. The number of ether oxygens (including phenoxy) is 1. The van der Waals surface area contributed by atoms with Crippen LogP contribution in [0.3, 0.4) is 0 Å². The summed E-state index contributed by atoms with van der Waals surface area (Å²) in [4.78, 5) is 11.9. The number of hydrogen-bond donors (Lipinski definition) is 2. The molecule has 118 valence electrons. The molecule has 0 bridgehead atoms. The fourth-order valence-electron chi connectivity index (χ4n) is 1.95. The van der Waals surface area contributed by atoms with Crippen molar-refractivity contribution in [3.63, 3.8) is 0 Å². The van der Waals surface area contributed by atoms with Crippen molar-refractivity contribution in [2.75, 3.05) is 18.5 Å². The van der Waals surface area contributed by atoms with Crippen LogP contribution in [0.2, 0.25) is 0 Å². The topological polar surface area (TPSA) is 89.3 Å². The Balaban J connectivity index is 1.78. The number of urea groups is 1. The van der Waals surface area contributed by atoms with E-state index in [1.54, 1.807) is 6.92 Å². The first-order chi connectivity index (χ1) is 10.6. The number of aromatic nitrogens is 2. The van der Waals surface area contributed by atoms with Crippen molar-refractivity contribution in [3.8, 4) is 5.88 Å². The highest BCUT2D eigenvalue weighted by Crippen LogP contribution is 2.23. The van der Waals surface area contributed by atoms with Crippen LogP contribution >= 0.6 is 0 Å². The van der Waals surface area contributed by atoms with Gasteiger partial charge in [-0.15, -0.1) is 0 Å². The van der Waals surface area contributed by atoms with E-state index in [0.29, 0.717) is 24.0 Å². The van der Waals surface area contributed by atoms with Crippen LogP contribution in [0.25, 0.3) is 0 Å². The van der Waals surface area contributed by atoms with E-state index in [2.05, 4.69) is 39.4 Å². The molecule has 22 heavy (non-hydrogen) atoms. The van der Waals surface area contributed by atoms with E-state index in [-0.39, 0.29) is 12.6 Å². The normalized spacial score (nSPS) is 10.5. The van der Waals surface area contributed by atoms with E-state index >= 15 is 0 Å². The molecule has 7 heteroatoms. The highest BCUT2D eigenvalue weighted by Gasteiger charge is 2.09. The van der Waals surface area contributed by atoms with Crippen LogP contribution in [0.4, 0.5) is 10.5 Å². The second-order valence-electron chi connectivity index (χ2n) is 5.13. The van der Waals surface area contributed by atoms with Crippen LogP contribution in [-0.4, -0.2) is 29.5 Å². The molecule has 1 aromatic carbocycles. The van der Waals surface area contributed by atoms with Crippen LogP contribution in [0.5, 0.6) is 5.88 Å². The second kappa shape index (κ2) is 7.44. The zero-order chi connectivity index (χ0) is 15.9. The lowest BCUT2D eigenvalue weighted by Crippen LogP contribution is -2.32. The summed E-state index contributed by atoms with van der Waals surface area (Å²) in [7, 11) is 0. The number of rotatable bonds is 6. The Labute approximate surface area is 129 Å². The van der Waals surface area contributed by atoms with E-state index in [1.807, 2.05) is 24.3 Å². The third-order valence-corrected chi connectivity index (χ3v) is 3.07. The van der Waals surface area contributed by atoms with Crippen molar-refractivity contribution in [1.82, 2.24) is 15.6 Å². The summed E-state index contributed by atoms with van der Waals surface area (Å²) in [5.41, 5.74) is 2.49. The maximum absolute atomic E-state index is 11.9. The van der Waals surface area contributed by atoms with Crippen LogP contribution in [0.15, 0.2) is 28.9 Å². The van der Waals surface area contributed by atoms with Gasteiger partial charge in [0.05, 0.1) is 6.54 Å². The number of para-hydroxylation sites is 1. The van der Waals surface area contributed by atoms with E-state index in [0.717, 1.165) is 11.3 Å². The monoisotopic (exact) mass is 304 g/mol. The molecular formula is C15H20N4O3. The van der Waals surface area contributed by atoms with Gasteiger partial charge in [-0.25, -0.2) is 9.42 Å². The Morgan fingerprint density at radius 3 is 2.77 bits per heavy atom. The summed E-state index contributed by atoms with van der Waals surface area (Å²) in [6.45, 7) is 6.53. The van der Waals surface area contributed by atoms with Crippen molar-refractivity contribution >= 4 is 11.7 Å². The number of benzene rings is 1. The number of carbonyl (C=O) groups is 1. The van der Waals surface area contributed by atoms with Gasteiger partial charge in [0.1, 0.15) is 12.3 Å². The van der Waals surface area contributed by atoms with Gasteiger partial charge >= 0.3 is 6.03 Å². The molecule has 0 fully saturated rings. The summed E-state index contributed by atoms with van der Waals surface area (Å²) in [6, 6.07) is 7.47. The molecule has 2 aromatic rings. The van der Waals surface area contributed by atoms with Gasteiger partial charge in [0.15, 0.2) is 0 Å². The van der Waals surface area contributed by atoms with Gasteiger partial charge in [0, 0.05) is 5.69 Å². The van der Waals surface area contributed by atoms with Gasteiger partial charge in [0.2, 0.25) is 0 Å². The molecule has 0 aliphatic carbocycles. The summed E-state index contributed by atoms with van der Waals surface area (Å²) < 4.78 is 9.84. The van der Waals surface area contributed by atoms with Gasteiger partial charge < -0.3 is 15.4 Å². The summed E-state index contributed by atoms with van der Waals surface area (Å²) >= 11 is 0. The van der Waals surface area contributed by atoms with Gasteiger partial charge in [0.25, 0.3) is 5.88 Å². The lowest BCUT2D eigenvalue weighted by molar-refractivity contribution is 0.240. The predicted molar refractivity (Wildman–Crippen MR) is 82.1 cm³/mol. The first-order valence-electron chi connectivity index (χ1n) is 7.13. The third kappa shape index (κ3) is 4.21. The van der Waals surface area contributed by atoms with Gasteiger partial charge in [-0.1, -0.05) is 37.2 Å².